The zero-order valence-electron chi connectivity index (χ0n) is 39.5. The minimum absolute atomic E-state index is 0.102. The van der Waals surface area contributed by atoms with Crippen molar-refractivity contribution in [2.75, 3.05) is 46.2 Å². The van der Waals surface area contributed by atoms with Gasteiger partial charge in [0.1, 0.15) is 51.8 Å². The number of rotatable bonds is 31. The van der Waals surface area contributed by atoms with Gasteiger partial charge in [0.25, 0.3) is 0 Å². The third-order valence-corrected chi connectivity index (χ3v) is 12.4. The number of aliphatic hydroxyl groups is 3. The molecular formula is C49H70O17. The van der Waals surface area contributed by atoms with Crippen molar-refractivity contribution in [2.45, 2.75) is 131 Å². The van der Waals surface area contributed by atoms with Crippen LogP contribution in [0.1, 0.15) is 171 Å². The van der Waals surface area contributed by atoms with Crippen molar-refractivity contribution in [1.29, 1.82) is 0 Å². The van der Waals surface area contributed by atoms with Crippen LogP contribution in [0.2, 0.25) is 0 Å². The molecule has 0 fully saturated rings. The topological polar surface area (TPSA) is 256 Å². The lowest BCUT2D eigenvalue weighted by molar-refractivity contribution is -0.161. The lowest BCUT2D eigenvalue weighted by Crippen LogP contribution is -2.37. The fraction of sp³-hybridized carbons (Fsp3) is 0.612. The van der Waals surface area contributed by atoms with E-state index >= 15 is 0 Å². The van der Waals surface area contributed by atoms with Crippen LogP contribution in [0, 0.1) is 16.2 Å². The molecule has 0 amide bonds. The van der Waals surface area contributed by atoms with Crippen LogP contribution in [-0.2, 0) is 38.0 Å². The van der Waals surface area contributed by atoms with Crippen LogP contribution < -0.4 is 0 Å². The maximum atomic E-state index is 13.7. The molecule has 0 bridgehead atoms. The fourth-order valence-electron chi connectivity index (χ4n) is 7.18. The molecule has 17 nitrogen and oxygen atoms in total. The summed E-state index contributed by atoms with van der Waals surface area (Å²) in [5, 5.41) is 41.1. The van der Waals surface area contributed by atoms with Gasteiger partial charge >= 0.3 is 41.8 Å². The molecule has 0 saturated carbocycles. The molecule has 3 atom stereocenters. The van der Waals surface area contributed by atoms with Gasteiger partial charge < -0.3 is 48.8 Å². The van der Waals surface area contributed by atoms with Gasteiger partial charge in [0.2, 0.25) is 0 Å². The predicted molar refractivity (Wildman–Crippen MR) is 240 cm³/mol. The summed E-state index contributed by atoms with van der Waals surface area (Å²) in [6, 6.07) is 8.59. The minimum atomic E-state index is -1.47. The van der Waals surface area contributed by atoms with E-state index in [9.17, 15) is 54.0 Å². The average molecular weight is 931 g/mol. The van der Waals surface area contributed by atoms with Crippen molar-refractivity contribution in [3.63, 3.8) is 0 Å². The number of aromatic carboxylic acids is 1. The Balaban J connectivity index is 2.31. The fourth-order valence-corrected chi connectivity index (χ4v) is 7.18. The number of ether oxygens (including phenoxy) is 6. The second-order valence-corrected chi connectivity index (χ2v) is 16.7. The Bertz CT molecular complexity index is 1910. The van der Waals surface area contributed by atoms with Gasteiger partial charge in [-0.3, -0.25) is 9.59 Å². The summed E-state index contributed by atoms with van der Waals surface area (Å²) in [5.41, 5.74) is -4.53. The Labute approximate surface area is 387 Å². The molecular weight excluding hydrogens is 861 g/mol. The molecule has 0 radical (unpaired) electrons. The highest BCUT2D eigenvalue weighted by Crippen LogP contribution is 2.35. The van der Waals surface area contributed by atoms with Gasteiger partial charge in [-0.05, 0) is 75.3 Å². The standard InChI is InChI=1S/C49H70O17/c1-8-15-23-48(11-4,12-5)45(59)63-28-34(51)26-61-41(55)33-21-22-38(39(25-33)44(58)62-27-35(52)29-64-46(60)49(13-6,14-7)24-16-9-2)43(57)66-32-47(10-3,30-50)31-65-42(56)37-20-18-17-19-36(37)40(53)54/h17-22,25,34-35,50-52H,8-16,23-24,26-32H2,1-7H3,(H,53,54). The lowest BCUT2D eigenvalue weighted by Gasteiger charge is -2.29. The van der Waals surface area contributed by atoms with Gasteiger partial charge in [0.15, 0.2) is 0 Å². The molecule has 2 rings (SSSR count). The molecule has 3 unspecified atom stereocenters. The van der Waals surface area contributed by atoms with Crippen LogP contribution in [0.15, 0.2) is 42.5 Å². The summed E-state index contributed by atoms with van der Waals surface area (Å²) in [7, 11) is 0. The molecule has 0 aromatic heterocycles. The maximum absolute atomic E-state index is 13.7. The first-order valence-corrected chi connectivity index (χ1v) is 22.9. The molecule has 0 heterocycles. The highest BCUT2D eigenvalue weighted by Gasteiger charge is 2.38. The van der Waals surface area contributed by atoms with E-state index in [1.807, 2.05) is 41.5 Å². The number of carbonyl (C=O) groups is 7. The van der Waals surface area contributed by atoms with Crippen molar-refractivity contribution in [3.05, 3.63) is 70.3 Å². The van der Waals surface area contributed by atoms with Crippen LogP contribution in [0.4, 0.5) is 0 Å². The van der Waals surface area contributed by atoms with E-state index in [0.29, 0.717) is 38.5 Å². The van der Waals surface area contributed by atoms with Crippen molar-refractivity contribution in [3.8, 4) is 0 Å². The van der Waals surface area contributed by atoms with E-state index in [-0.39, 0.29) is 23.1 Å². The molecule has 0 spiro atoms. The van der Waals surface area contributed by atoms with Gasteiger partial charge in [-0.1, -0.05) is 86.3 Å². The molecule has 2 aromatic carbocycles. The second kappa shape index (κ2) is 27.9. The first-order valence-electron chi connectivity index (χ1n) is 22.9. The number of esters is 6. The Kier molecular flexibility index (Phi) is 24.0. The molecule has 4 N–H and O–H groups in total. The zero-order chi connectivity index (χ0) is 49.5. The van der Waals surface area contributed by atoms with Gasteiger partial charge in [0, 0.05) is 0 Å². The second-order valence-electron chi connectivity index (χ2n) is 16.7. The lowest BCUT2D eigenvalue weighted by atomic mass is 9.78. The first kappa shape index (κ1) is 56.7. The first-order chi connectivity index (χ1) is 31.4. The highest BCUT2D eigenvalue weighted by atomic mass is 16.6. The predicted octanol–water partition coefficient (Wildman–Crippen LogP) is 6.90. The van der Waals surface area contributed by atoms with Crippen molar-refractivity contribution in [2.24, 2.45) is 16.2 Å². The quantitative estimate of drug-likeness (QED) is 0.0443. The van der Waals surface area contributed by atoms with Crippen LogP contribution in [0.3, 0.4) is 0 Å². The molecule has 0 aliphatic rings. The van der Waals surface area contributed by atoms with E-state index in [1.165, 1.54) is 24.3 Å². The third-order valence-electron chi connectivity index (χ3n) is 12.4. The monoisotopic (exact) mass is 930 g/mol. The molecule has 2 aromatic rings. The average Bonchev–Trinajstić information content (AvgIpc) is 3.34. The summed E-state index contributed by atoms with van der Waals surface area (Å²) < 4.78 is 32.4. The molecule has 66 heavy (non-hydrogen) atoms. The number of benzene rings is 2. The number of hydrogen-bond acceptors (Lipinski definition) is 16. The highest BCUT2D eigenvalue weighted by molar-refractivity contribution is 6.05. The van der Waals surface area contributed by atoms with Crippen LogP contribution in [0.25, 0.3) is 0 Å². The number of carboxylic acids is 1. The summed E-state index contributed by atoms with van der Waals surface area (Å²) in [6.07, 6.45) is 4.01. The van der Waals surface area contributed by atoms with E-state index < -0.39 is 128 Å². The Morgan fingerprint density at radius 1 is 0.515 bits per heavy atom. The van der Waals surface area contributed by atoms with E-state index in [4.69, 9.17) is 28.4 Å². The summed E-state index contributed by atoms with van der Waals surface area (Å²) >= 11 is 0. The van der Waals surface area contributed by atoms with Gasteiger partial charge in [-0.15, -0.1) is 0 Å². The van der Waals surface area contributed by atoms with Crippen molar-refractivity contribution >= 4 is 41.8 Å². The normalized spacial score (nSPS) is 13.4. The number of unbranched alkanes of at least 4 members (excludes halogenated alkanes) is 2. The molecule has 17 heteroatoms. The summed E-state index contributed by atoms with van der Waals surface area (Å²) in [6.45, 7) is 9.29. The number of aliphatic hydroxyl groups excluding tert-OH is 3. The van der Waals surface area contributed by atoms with Crippen molar-refractivity contribution < 1.29 is 82.4 Å². The third kappa shape index (κ3) is 15.9. The Hall–Kier alpha value is -5.39. The Morgan fingerprint density at radius 2 is 0.924 bits per heavy atom. The molecule has 0 saturated heterocycles. The van der Waals surface area contributed by atoms with Gasteiger partial charge in [-0.25, -0.2) is 24.0 Å². The SMILES string of the molecule is CCCCC(CC)(CC)C(=O)OCC(O)COC(=O)c1ccc(C(=O)OCC(CC)(CO)COC(=O)c2ccccc2C(=O)O)c(C(=O)OCC(O)COC(=O)C(CC)(CC)CCCC)c1. The summed E-state index contributed by atoms with van der Waals surface area (Å²) in [5.74, 6) is -6.65. The smallest absolute Gasteiger partial charge is 0.339 e. The van der Waals surface area contributed by atoms with E-state index in [0.717, 1.165) is 43.9 Å². The number of carboxylic acid groups (broad SMARTS) is 1. The molecule has 368 valence electrons. The minimum Gasteiger partial charge on any atom is -0.478 e. The zero-order valence-corrected chi connectivity index (χ0v) is 39.5. The maximum Gasteiger partial charge on any atom is 0.339 e. The van der Waals surface area contributed by atoms with E-state index in [1.54, 1.807) is 6.92 Å². The largest absolute Gasteiger partial charge is 0.478 e. The van der Waals surface area contributed by atoms with Crippen molar-refractivity contribution in [1.82, 2.24) is 0 Å². The Morgan fingerprint density at radius 3 is 1.33 bits per heavy atom. The van der Waals surface area contributed by atoms with Gasteiger partial charge in [0.05, 0.1) is 50.7 Å². The van der Waals surface area contributed by atoms with E-state index in [2.05, 4.69) is 0 Å². The van der Waals surface area contributed by atoms with Crippen LogP contribution in [0.5, 0.6) is 0 Å². The molecule has 0 aliphatic carbocycles. The van der Waals surface area contributed by atoms with Crippen LogP contribution >= 0.6 is 0 Å². The summed E-state index contributed by atoms with van der Waals surface area (Å²) in [4.78, 5) is 91.2. The number of hydrogen-bond donors (Lipinski definition) is 4. The molecule has 0 aliphatic heterocycles. The van der Waals surface area contributed by atoms with Crippen LogP contribution in [-0.4, -0.2) is 121 Å². The van der Waals surface area contributed by atoms with Gasteiger partial charge in [-0.2, -0.15) is 0 Å². The number of carbonyl (C=O) groups excluding carboxylic acids is 6.